The van der Waals surface area contributed by atoms with Gasteiger partial charge in [0, 0.05) is 6.61 Å². The lowest BCUT2D eigenvalue weighted by molar-refractivity contribution is -0.140. The van der Waals surface area contributed by atoms with Crippen molar-refractivity contribution in [2.24, 2.45) is 0 Å². The van der Waals surface area contributed by atoms with Crippen LogP contribution in [0.1, 0.15) is 24.1 Å². The molecule has 2 nitrogen and oxygen atoms in total. The Morgan fingerprint density at radius 3 is 2.44 bits per heavy atom. The standard InChI is InChI=1S/C12H15F4NO/c1-3-18-7-11(17-2)8-4-5-9(10(13)6-8)12(14,15)16/h4-6,11,17H,3,7H2,1-2H3. The van der Waals surface area contributed by atoms with Crippen molar-refractivity contribution in [3.8, 4) is 0 Å². The zero-order chi connectivity index (χ0) is 13.8. The van der Waals surface area contributed by atoms with Crippen molar-refractivity contribution in [1.82, 2.24) is 5.32 Å². The Morgan fingerprint density at radius 2 is 2.00 bits per heavy atom. The molecule has 0 aromatic heterocycles. The molecule has 0 saturated heterocycles. The van der Waals surface area contributed by atoms with Gasteiger partial charge in [-0.2, -0.15) is 13.2 Å². The number of hydrogen-bond acceptors (Lipinski definition) is 2. The number of ether oxygens (including phenoxy) is 1. The second-order valence-corrected chi connectivity index (χ2v) is 3.74. The van der Waals surface area contributed by atoms with Gasteiger partial charge in [-0.15, -0.1) is 0 Å². The van der Waals surface area contributed by atoms with Gasteiger partial charge >= 0.3 is 6.18 Å². The SMILES string of the molecule is CCOCC(NC)c1ccc(C(F)(F)F)c(F)c1. The van der Waals surface area contributed by atoms with Crippen molar-refractivity contribution in [1.29, 1.82) is 0 Å². The number of benzene rings is 1. The van der Waals surface area contributed by atoms with E-state index in [1.54, 1.807) is 14.0 Å². The molecule has 0 aliphatic heterocycles. The highest BCUT2D eigenvalue weighted by molar-refractivity contribution is 5.28. The molecular weight excluding hydrogens is 250 g/mol. The fraction of sp³-hybridized carbons (Fsp3) is 0.500. The summed E-state index contributed by atoms with van der Waals surface area (Å²) in [6.07, 6.45) is -4.67. The van der Waals surface area contributed by atoms with Gasteiger partial charge in [0.1, 0.15) is 5.82 Å². The van der Waals surface area contributed by atoms with Gasteiger partial charge < -0.3 is 10.1 Å². The van der Waals surface area contributed by atoms with Gasteiger partial charge in [-0.1, -0.05) is 6.07 Å². The molecule has 0 heterocycles. The van der Waals surface area contributed by atoms with E-state index in [1.807, 2.05) is 0 Å². The summed E-state index contributed by atoms with van der Waals surface area (Å²) in [6.45, 7) is 2.57. The predicted molar refractivity (Wildman–Crippen MR) is 59.7 cm³/mol. The van der Waals surface area contributed by atoms with Crippen LogP contribution in [0.4, 0.5) is 17.6 Å². The first-order valence-electron chi connectivity index (χ1n) is 5.51. The summed E-state index contributed by atoms with van der Waals surface area (Å²) in [6, 6.07) is 2.57. The van der Waals surface area contributed by atoms with Crippen LogP contribution in [-0.4, -0.2) is 20.3 Å². The highest BCUT2D eigenvalue weighted by Gasteiger charge is 2.34. The molecule has 1 rings (SSSR count). The molecule has 0 aliphatic rings. The number of rotatable bonds is 5. The average Bonchev–Trinajstić information content (AvgIpc) is 2.28. The summed E-state index contributed by atoms with van der Waals surface area (Å²) in [4.78, 5) is 0. The molecule has 0 saturated carbocycles. The molecule has 1 N–H and O–H groups in total. The number of hydrogen-bond donors (Lipinski definition) is 1. The minimum atomic E-state index is -4.67. The van der Waals surface area contributed by atoms with Crippen molar-refractivity contribution in [3.05, 3.63) is 35.1 Å². The summed E-state index contributed by atoms with van der Waals surface area (Å²) < 4.78 is 55.7. The largest absolute Gasteiger partial charge is 0.419 e. The molecule has 1 aromatic rings. The maximum Gasteiger partial charge on any atom is 0.419 e. The molecule has 102 valence electrons. The Kier molecular flexibility index (Phi) is 5.10. The fourth-order valence-electron chi connectivity index (χ4n) is 1.56. The Balaban J connectivity index is 2.95. The molecule has 0 fully saturated rings. The van der Waals surface area contributed by atoms with E-state index < -0.39 is 17.6 Å². The summed E-state index contributed by atoms with van der Waals surface area (Å²) in [5.74, 6) is -1.27. The topological polar surface area (TPSA) is 21.3 Å². The third kappa shape index (κ3) is 3.68. The number of nitrogens with one attached hydrogen (secondary N) is 1. The summed E-state index contributed by atoms with van der Waals surface area (Å²) >= 11 is 0. The number of likely N-dealkylation sites (N-methyl/N-ethyl adjacent to an activating group) is 1. The first kappa shape index (κ1) is 14.9. The second-order valence-electron chi connectivity index (χ2n) is 3.74. The quantitative estimate of drug-likeness (QED) is 0.826. The number of alkyl halides is 3. The Morgan fingerprint density at radius 1 is 1.33 bits per heavy atom. The molecule has 0 aliphatic carbocycles. The third-order valence-electron chi connectivity index (χ3n) is 2.54. The molecule has 0 amide bonds. The zero-order valence-electron chi connectivity index (χ0n) is 10.1. The van der Waals surface area contributed by atoms with Crippen LogP contribution in [-0.2, 0) is 10.9 Å². The number of halogens is 4. The van der Waals surface area contributed by atoms with Crippen molar-refractivity contribution < 1.29 is 22.3 Å². The minimum absolute atomic E-state index is 0.276. The molecular formula is C12H15F4NO. The fourth-order valence-corrected chi connectivity index (χ4v) is 1.56. The molecule has 1 unspecified atom stereocenters. The molecule has 0 radical (unpaired) electrons. The van der Waals surface area contributed by atoms with E-state index in [0.29, 0.717) is 12.2 Å². The Labute approximate surface area is 103 Å². The van der Waals surface area contributed by atoms with Crippen molar-refractivity contribution in [2.45, 2.75) is 19.1 Å². The first-order valence-corrected chi connectivity index (χ1v) is 5.51. The van der Waals surface area contributed by atoms with E-state index in [-0.39, 0.29) is 12.6 Å². The lowest BCUT2D eigenvalue weighted by Crippen LogP contribution is -2.22. The van der Waals surface area contributed by atoms with Gasteiger partial charge in [0.25, 0.3) is 0 Å². The van der Waals surface area contributed by atoms with Crippen LogP contribution >= 0.6 is 0 Å². The van der Waals surface area contributed by atoms with Crippen LogP contribution in [0.5, 0.6) is 0 Å². The maximum atomic E-state index is 13.4. The summed E-state index contributed by atoms with van der Waals surface area (Å²) in [5, 5.41) is 2.87. The van der Waals surface area contributed by atoms with E-state index in [9.17, 15) is 17.6 Å². The molecule has 0 bridgehead atoms. The van der Waals surface area contributed by atoms with E-state index >= 15 is 0 Å². The first-order chi connectivity index (χ1) is 8.40. The highest BCUT2D eigenvalue weighted by Crippen LogP contribution is 2.32. The van der Waals surface area contributed by atoms with Crippen LogP contribution in [0.2, 0.25) is 0 Å². The monoisotopic (exact) mass is 265 g/mol. The van der Waals surface area contributed by atoms with Crippen molar-refractivity contribution in [2.75, 3.05) is 20.3 Å². The van der Waals surface area contributed by atoms with Crippen molar-refractivity contribution >= 4 is 0 Å². The molecule has 6 heteroatoms. The second kappa shape index (κ2) is 6.15. The smallest absolute Gasteiger partial charge is 0.380 e. The lowest BCUT2D eigenvalue weighted by atomic mass is 10.0. The zero-order valence-corrected chi connectivity index (χ0v) is 10.1. The van der Waals surface area contributed by atoms with Gasteiger partial charge in [0.15, 0.2) is 0 Å². The van der Waals surface area contributed by atoms with E-state index in [4.69, 9.17) is 4.74 Å². The van der Waals surface area contributed by atoms with Gasteiger partial charge in [0.05, 0.1) is 18.2 Å². The van der Waals surface area contributed by atoms with Crippen LogP contribution in [0.3, 0.4) is 0 Å². The van der Waals surface area contributed by atoms with Gasteiger partial charge in [0.2, 0.25) is 0 Å². The van der Waals surface area contributed by atoms with E-state index in [2.05, 4.69) is 5.32 Å². The molecule has 1 atom stereocenters. The van der Waals surface area contributed by atoms with Crippen LogP contribution in [0, 0.1) is 5.82 Å². The summed E-state index contributed by atoms with van der Waals surface area (Å²) in [7, 11) is 1.64. The predicted octanol–water partition coefficient (Wildman–Crippen LogP) is 3.14. The highest BCUT2D eigenvalue weighted by atomic mass is 19.4. The van der Waals surface area contributed by atoms with Gasteiger partial charge in [-0.05, 0) is 31.7 Å². The normalized spacial score (nSPS) is 13.7. The molecule has 1 aromatic carbocycles. The molecule has 0 spiro atoms. The minimum Gasteiger partial charge on any atom is -0.380 e. The lowest BCUT2D eigenvalue weighted by Gasteiger charge is -2.17. The van der Waals surface area contributed by atoms with E-state index in [0.717, 1.165) is 12.1 Å². The Bertz CT molecular complexity index is 392. The average molecular weight is 265 g/mol. The van der Waals surface area contributed by atoms with Crippen LogP contribution in [0.15, 0.2) is 18.2 Å². The van der Waals surface area contributed by atoms with Crippen LogP contribution < -0.4 is 5.32 Å². The van der Waals surface area contributed by atoms with Crippen LogP contribution in [0.25, 0.3) is 0 Å². The Hall–Kier alpha value is -1.14. The maximum absolute atomic E-state index is 13.4. The van der Waals surface area contributed by atoms with Crippen molar-refractivity contribution in [3.63, 3.8) is 0 Å². The molecule has 18 heavy (non-hydrogen) atoms. The third-order valence-corrected chi connectivity index (χ3v) is 2.54. The van der Waals surface area contributed by atoms with Gasteiger partial charge in [-0.3, -0.25) is 0 Å². The van der Waals surface area contributed by atoms with E-state index in [1.165, 1.54) is 6.07 Å². The van der Waals surface area contributed by atoms with Gasteiger partial charge in [-0.25, -0.2) is 4.39 Å². The summed E-state index contributed by atoms with van der Waals surface area (Å²) in [5.41, 5.74) is -0.825.